The van der Waals surface area contributed by atoms with Gasteiger partial charge in [0.1, 0.15) is 5.52 Å². The second-order valence-corrected chi connectivity index (χ2v) is 10.6. The predicted octanol–water partition coefficient (Wildman–Crippen LogP) is 5.59. The quantitative estimate of drug-likeness (QED) is 0.368. The van der Waals surface area contributed by atoms with Crippen LogP contribution in [0, 0.1) is 0 Å². The number of aromatic nitrogens is 1. The van der Waals surface area contributed by atoms with Gasteiger partial charge >= 0.3 is 0 Å². The Kier molecular flexibility index (Phi) is 6.09. The highest BCUT2D eigenvalue weighted by Gasteiger charge is 2.24. The standard InChI is InChI=1S/C23H19ClN2O3S2/c1-2-31(28,29)18-11-6-10-17(14-18)22(27)26(15-16-8-4-3-5-9-16)23-25-21-19(24)12-7-13-20(21)30-23/h3-14H,2,15H2,1H3. The number of anilines is 1. The zero-order valence-electron chi connectivity index (χ0n) is 16.7. The molecule has 0 aliphatic rings. The van der Waals surface area contributed by atoms with E-state index in [1.54, 1.807) is 30.0 Å². The van der Waals surface area contributed by atoms with Crippen LogP contribution in [0.5, 0.6) is 0 Å². The largest absolute Gasteiger partial charge is 0.279 e. The number of nitrogens with zero attached hydrogens (tertiary/aromatic N) is 2. The van der Waals surface area contributed by atoms with E-state index in [1.807, 2.05) is 42.5 Å². The molecule has 4 rings (SSSR count). The first-order chi connectivity index (χ1) is 14.9. The molecule has 0 N–H and O–H groups in total. The summed E-state index contributed by atoms with van der Waals surface area (Å²) in [5, 5.41) is 1.02. The Morgan fingerprint density at radius 1 is 1.03 bits per heavy atom. The topological polar surface area (TPSA) is 67.3 Å². The van der Waals surface area contributed by atoms with Gasteiger partial charge < -0.3 is 0 Å². The first-order valence-corrected chi connectivity index (χ1v) is 12.5. The van der Waals surface area contributed by atoms with E-state index < -0.39 is 9.84 Å². The van der Waals surface area contributed by atoms with Gasteiger partial charge in [-0.2, -0.15) is 0 Å². The highest BCUT2D eigenvalue weighted by Crippen LogP contribution is 2.34. The molecule has 5 nitrogen and oxygen atoms in total. The number of carbonyl (C=O) groups excluding carboxylic acids is 1. The molecular formula is C23H19ClN2O3S2. The van der Waals surface area contributed by atoms with Gasteiger partial charge in [0.2, 0.25) is 0 Å². The van der Waals surface area contributed by atoms with Crippen LogP contribution in [0.2, 0.25) is 5.02 Å². The Labute approximate surface area is 189 Å². The van der Waals surface area contributed by atoms with E-state index in [0.29, 0.717) is 22.2 Å². The lowest BCUT2D eigenvalue weighted by molar-refractivity contribution is 0.0985. The molecule has 31 heavy (non-hydrogen) atoms. The van der Waals surface area contributed by atoms with E-state index in [0.717, 1.165) is 10.3 Å². The third-order valence-electron chi connectivity index (χ3n) is 4.84. The van der Waals surface area contributed by atoms with Gasteiger partial charge in [-0.25, -0.2) is 13.4 Å². The number of para-hydroxylation sites is 1. The van der Waals surface area contributed by atoms with E-state index >= 15 is 0 Å². The molecule has 0 saturated heterocycles. The zero-order chi connectivity index (χ0) is 22.0. The van der Waals surface area contributed by atoms with Crippen LogP contribution in [-0.4, -0.2) is 25.1 Å². The first kappa shape index (κ1) is 21.5. The van der Waals surface area contributed by atoms with Gasteiger partial charge in [0.25, 0.3) is 5.91 Å². The summed E-state index contributed by atoms with van der Waals surface area (Å²) in [6.07, 6.45) is 0. The molecular weight excluding hydrogens is 452 g/mol. The minimum Gasteiger partial charge on any atom is -0.279 e. The van der Waals surface area contributed by atoms with Crippen molar-refractivity contribution in [2.45, 2.75) is 18.4 Å². The van der Waals surface area contributed by atoms with E-state index in [1.165, 1.54) is 23.5 Å². The number of amides is 1. The van der Waals surface area contributed by atoms with E-state index in [9.17, 15) is 13.2 Å². The maximum Gasteiger partial charge on any atom is 0.260 e. The molecule has 0 fully saturated rings. The average Bonchev–Trinajstić information content (AvgIpc) is 3.23. The van der Waals surface area contributed by atoms with Gasteiger partial charge in [0, 0.05) is 5.56 Å². The zero-order valence-corrected chi connectivity index (χ0v) is 19.0. The van der Waals surface area contributed by atoms with Gasteiger partial charge in [-0.1, -0.05) is 72.3 Å². The number of sulfone groups is 1. The van der Waals surface area contributed by atoms with Crippen molar-refractivity contribution in [2.75, 3.05) is 10.7 Å². The molecule has 0 atom stereocenters. The fraction of sp³-hybridized carbons (Fsp3) is 0.130. The Bertz CT molecular complexity index is 1350. The highest BCUT2D eigenvalue weighted by molar-refractivity contribution is 7.91. The molecule has 1 heterocycles. The maximum absolute atomic E-state index is 13.5. The van der Waals surface area contributed by atoms with Crippen LogP contribution < -0.4 is 4.90 Å². The third kappa shape index (κ3) is 4.49. The summed E-state index contributed by atoms with van der Waals surface area (Å²) >= 11 is 7.66. The molecule has 8 heteroatoms. The van der Waals surface area contributed by atoms with Crippen molar-refractivity contribution >= 4 is 54.0 Å². The number of carbonyl (C=O) groups is 1. The number of benzene rings is 3. The van der Waals surface area contributed by atoms with Crippen molar-refractivity contribution in [1.82, 2.24) is 4.98 Å². The molecule has 0 saturated carbocycles. The lowest BCUT2D eigenvalue weighted by Gasteiger charge is -2.20. The van der Waals surface area contributed by atoms with Crippen LogP contribution in [-0.2, 0) is 16.4 Å². The number of thiazole rings is 1. The summed E-state index contributed by atoms with van der Waals surface area (Å²) in [5.74, 6) is -0.360. The monoisotopic (exact) mass is 470 g/mol. The minimum atomic E-state index is -3.43. The van der Waals surface area contributed by atoms with Gasteiger partial charge in [0.15, 0.2) is 15.0 Å². The Morgan fingerprint density at radius 3 is 2.48 bits per heavy atom. The van der Waals surface area contributed by atoms with E-state index in [2.05, 4.69) is 4.98 Å². The number of hydrogen-bond donors (Lipinski definition) is 0. The SMILES string of the molecule is CCS(=O)(=O)c1cccc(C(=O)N(Cc2ccccc2)c2nc3c(Cl)cccc3s2)c1. The highest BCUT2D eigenvalue weighted by atomic mass is 35.5. The number of rotatable bonds is 6. The normalized spacial score (nSPS) is 11.5. The molecule has 0 radical (unpaired) electrons. The van der Waals surface area contributed by atoms with Crippen molar-refractivity contribution < 1.29 is 13.2 Å². The first-order valence-electron chi connectivity index (χ1n) is 9.62. The molecule has 0 aliphatic heterocycles. The summed E-state index contributed by atoms with van der Waals surface area (Å²) in [4.78, 5) is 19.9. The van der Waals surface area contributed by atoms with Crippen LogP contribution in [0.3, 0.4) is 0 Å². The van der Waals surface area contributed by atoms with E-state index in [4.69, 9.17) is 11.6 Å². The van der Waals surface area contributed by atoms with Gasteiger partial charge in [0.05, 0.1) is 26.9 Å². The molecule has 0 aliphatic carbocycles. The molecule has 4 aromatic rings. The van der Waals surface area contributed by atoms with Crippen molar-refractivity contribution in [3.05, 3.63) is 88.9 Å². The lowest BCUT2D eigenvalue weighted by Crippen LogP contribution is -2.30. The maximum atomic E-state index is 13.5. The van der Waals surface area contributed by atoms with Crippen molar-refractivity contribution in [3.8, 4) is 0 Å². The van der Waals surface area contributed by atoms with Crippen LogP contribution in [0.25, 0.3) is 10.2 Å². The fourth-order valence-electron chi connectivity index (χ4n) is 3.16. The second-order valence-electron chi connectivity index (χ2n) is 6.89. The van der Waals surface area contributed by atoms with Gasteiger partial charge in [-0.15, -0.1) is 0 Å². The summed E-state index contributed by atoms with van der Waals surface area (Å²) in [7, 11) is -3.43. The number of halogens is 1. The van der Waals surface area contributed by atoms with Gasteiger partial charge in [-0.05, 0) is 35.9 Å². The molecule has 1 amide bonds. The van der Waals surface area contributed by atoms with Crippen LogP contribution in [0.1, 0.15) is 22.8 Å². The molecule has 158 valence electrons. The summed E-state index contributed by atoms with van der Waals surface area (Å²) < 4.78 is 25.5. The molecule has 3 aromatic carbocycles. The Balaban J connectivity index is 1.79. The van der Waals surface area contributed by atoms with Gasteiger partial charge in [-0.3, -0.25) is 9.69 Å². The van der Waals surface area contributed by atoms with Crippen LogP contribution in [0.15, 0.2) is 77.7 Å². The fourth-order valence-corrected chi connectivity index (χ4v) is 5.34. The minimum absolute atomic E-state index is 0.0330. The molecule has 0 unspecified atom stereocenters. The van der Waals surface area contributed by atoms with Crippen molar-refractivity contribution in [2.24, 2.45) is 0 Å². The smallest absolute Gasteiger partial charge is 0.260 e. The van der Waals surface area contributed by atoms with Crippen LogP contribution in [0.4, 0.5) is 5.13 Å². The van der Waals surface area contributed by atoms with Crippen molar-refractivity contribution in [3.63, 3.8) is 0 Å². The lowest BCUT2D eigenvalue weighted by atomic mass is 10.1. The number of hydrogen-bond acceptors (Lipinski definition) is 5. The van der Waals surface area contributed by atoms with E-state index in [-0.39, 0.29) is 22.1 Å². The number of fused-ring (bicyclic) bond motifs is 1. The Hall–Kier alpha value is -2.74. The molecule has 0 bridgehead atoms. The molecule has 0 spiro atoms. The Morgan fingerprint density at radius 2 is 1.77 bits per heavy atom. The predicted molar refractivity (Wildman–Crippen MR) is 126 cm³/mol. The summed E-state index contributed by atoms with van der Waals surface area (Å²) in [6.45, 7) is 1.87. The third-order valence-corrected chi connectivity index (χ3v) is 7.92. The summed E-state index contributed by atoms with van der Waals surface area (Å²) in [6, 6.07) is 21.2. The second kappa shape index (κ2) is 8.78. The van der Waals surface area contributed by atoms with Crippen LogP contribution >= 0.6 is 22.9 Å². The van der Waals surface area contributed by atoms with Crippen molar-refractivity contribution in [1.29, 1.82) is 0 Å². The summed E-state index contributed by atoms with van der Waals surface area (Å²) in [5.41, 5.74) is 1.85. The average molecular weight is 471 g/mol. The molecule has 1 aromatic heterocycles.